The van der Waals surface area contributed by atoms with Gasteiger partial charge in [0.15, 0.2) is 5.13 Å². The van der Waals surface area contributed by atoms with Gasteiger partial charge < -0.3 is 4.74 Å². The summed E-state index contributed by atoms with van der Waals surface area (Å²) in [5.41, 5.74) is 1.83. The highest BCUT2D eigenvalue weighted by Crippen LogP contribution is 2.19. The van der Waals surface area contributed by atoms with Crippen molar-refractivity contribution < 1.29 is 9.53 Å². The Kier molecular flexibility index (Phi) is 5.47. The molecule has 0 atom stereocenters. The maximum Gasteiger partial charge on any atom is 0.276 e. The van der Waals surface area contributed by atoms with Crippen LogP contribution >= 0.6 is 34.5 Å². The average Bonchev–Trinajstić information content (AvgIpc) is 2.99. The quantitative estimate of drug-likeness (QED) is 0.649. The number of benzene rings is 1. The van der Waals surface area contributed by atoms with Crippen molar-refractivity contribution in [2.75, 3.05) is 5.32 Å². The molecule has 0 aliphatic rings. The molecule has 2 aromatic heterocycles. The van der Waals surface area contributed by atoms with E-state index in [2.05, 4.69) is 20.3 Å². The third-order valence-electron chi connectivity index (χ3n) is 3.05. The standard InChI is InChI=1S/C16H12Cl2N4O2S/c1-9-8-25-16(19-9)22-14(23)12-6-13(21-15(18)20-12)24-7-10-2-4-11(17)5-3-10/h2-6,8H,7H2,1H3,(H,19,22,23). The van der Waals surface area contributed by atoms with Crippen LogP contribution in [-0.4, -0.2) is 20.9 Å². The summed E-state index contributed by atoms with van der Waals surface area (Å²) in [4.78, 5) is 24.3. The molecule has 0 fully saturated rings. The summed E-state index contributed by atoms with van der Waals surface area (Å²) in [6.07, 6.45) is 0. The first-order valence-corrected chi connectivity index (χ1v) is 8.78. The summed E-state index contributed by atoms with van der Waals surface area (Å²) in [5, 5.41) is 5.56. The zero-order valence-electron chi connectivity index (χ0n) is 13.0. The van der Waals surface area contributed by atoms with Crippen LogP contribution in [0.2, 0.25) is 10.3 Å². The number of halogens is 2. The van der Waals surface area contributed by atoms with E-state index in [0.717, 1.165) is 11.3 Å². The minimum atomic E-state index is -0.435. The van der Waals surface area contributed by atoms with Crippen LogP contribution in [0.4, 0.5) is 5.13 Å². The summed E-state index contributed by atoms with van der Waals surface area (Å²) in [5.74, 6) is -0.231. The van der Waals surface area contributed by atoms with Gasteiger partial charge in [0.2, 0.25) is 11.2 Å². The van der Waals surface area contributed by atoms with Gasteiger partial charge in [0.25, 0.3) is 5.91 Å². The summed E-state index contributed by atoms with van der Waals surface area (Å²) in [6.45, 7) is 2.10. The smallest absolute Gasteiger partial charge is 0.276 e. The fraction of sp³-hybridized carbons (Fsp3) is 0.125. The number of amides is 1. The van der Waals surface area contributed by atoms with E-state index in [1.165, 1.54) is 17.4 Å². The molecule has 3 aromatic rings. The fourth-order valence-corrected chi connectivity index (χ4v) is 2.88. The number of thiazole rings is 1. The molecule has 2 heterocycles. The summed E-state index contributed by atoms with van der Waals surface area (Å²) in [7, 11) is 0. The first kappa shape index (κ1) is 17.6. The maximum absolute atomic E-state index is 12.3. The second-order valence-corrected chi connectivity index (χ2v) is 6.66. The maximum atomic E-state index is 12.3. The van der Waals surface area contributed by atoms with Crippen LogP contribution in [-0.2, 0) is 6.61 Å². The molecule has 6 nitrogen and oxygen atoms in total. The Labute approximate surface area is 157 Å². The monoisotopic (exact) mass is 394 g/mol. The number of nitrogens with zero attached hydrogens (tertiary/aromatic N) is 3. The molecule has 9 heteroatoms. The molecule has 1 N–H and O–H groups in total. The number of aromatic nitrogens is 3. The third kappa shape index (κ3) is 4.88. The molecule has 0 spiro atoms. The highest BCUT2D eigenvalue weighted by Gasteiger charge is 2.14. The zero-order valence-corrected chi connectivity index (χ0v) is 15.3. The summed E-state index contributed by atoms with van der Waals surface area (Å²) >= 11 is 13.1. The lowest BCUT2D eigenvalue weighted by molar-refractivity contribution is 0.102. The van der Waals surface area contributed by atoms with Crippen molar-refractivity contribution in [2.45, 2.75) is 13.5 Å². The van der Waals surface area contributed by atoms with Crippen LogP contribution in [0.1, 0.15) is 21.7 Å². The average molecular weight is 395 g/mol. The Hall–Kier alpha value is -2.22. The second-order valence-electron chi connectivity index (χ2n) is 5.02. The van der Waals surface area contributed by atoms with Gasteiger partial charge in [-0.15, -0.1) is 11.3 Å². The van der Waals surface area contributed by atoms with Gasteiger partial charge in [0.05, 0.1) is 5.69 Å². The van der Waals surface area contributed by atoms with Gasteiger partial charge >= 0.3 is 0 Å². The number of hydrogen-bond donors (Lipinski definition) is 1. The van der Waals surface area contributed by atoms with Crippen LogP contribution in [0.15, 0.2) is 35.7 Å². The Morgan fingerprint density at radius 3 is 2.64 bits per heavy atom. The number of aryl methyl sites for hydroxylation is 1. The predicted octanol–water partition coefficient (Wildman–Crippen LogP) is 4.38. The fourth-order valence-electron chi connectivity index (χ4n) is 1.90. The second kappa shape index (κ2) is 7.77. The molecule has 0 saturated heterocycles. The first-order chi connectivity index (χ1) is 12.0. The largest absolute Gasteiger partial charge is 0.473 e. The number of anilines is 1. The van der Waals surface area contributed by atoms with Crippen molar-refractivity contribution >= 4 is 45.6 Å². The van der Waals surface area contributed by atoms with Gasteiger partial charge in [-0.1, -0.05) is 23.7 Å². The molecule has 0 aliphatic carbocycles. The van der Waals surface area contributed by atoms with Crippen molar-refractivity contribution in [1.82, 2.24) is 15.0 Å². The molecule has 0 radical (unpaired) electrons. The summed E-state index contributed by atoms with van der Waals surface area (Å²) in [6, 6.07) is 8.63. The Bertz CT molecular complexity index is 899. The van der Waals surface area contributed by atoms with Gasteiger partial charge in [0.1, 0.15) is 12.3 Å². The molecule has 0 saturated carbocycles. The third-order valence-corrected chi connectivity index (χ3v) is 4.34. The molecular weight excluding hydrogens is 383 g/mol. The lowest BCUT2D eigenvalue weighted by Crippen LogP contribution is -2.14. The highest BCUT2D eigenvalue weighted by molar-refractivity contribution is 7.13. The molecule has 0 unspecified atom stereocenters. The predicted molar refractivity (Wildman–Crippen MR) is 97.6 cm³/mol. The Balaban J connectivity index is 1.71. The van der Waals surface area contributed by atoms with E-state index in [9.17, 15) is 4.79 Å². The van der Waals surface area contributed by atoms with Crippen molar-refractivity contribution in [3.05, 3.63) is 63.0 Å². The van der Waals surface area contributed by atoms with Crippen molar-refractivity contribution in [1.29, 1.82) is 0 Å². The van der Waals surface area contributed by atoms with E-state index in [1.807, 2.05) is 24.4 Å². The van der Waals surface area contributed by atoms with Crippen LogP contribution in [0.5, 0.6) is 5.88 Å². The van der Waals surface area contributed by atoms with Gasteiger partial charge in [0, 0.05) is 16.5 Å². The minimum Gasteiger partial charge on any atom is -0.473 e. The highest BCUT2D eigenvalue weighted by atomic mass is 35.5. The van der Waals surface area contributed by atoms with Gasteiger partial charge in [-0.25, -0.2) is 9.97 Å². The molecular formula is C16H12Cl2N4O2S. The number of hydrogen-bond acceptors (Lipinski definition) is 6. The topological polar surface area (TPSA) is 77.0 Å². The van der Waals surface area contributed by atoms with Crippen LogP contribution in [0, 0.1) is 6.92 Å². The van der Waals surface area contributed by atoms with Crippen molar-refractivity contribution in [3.63, 3.8) is 0 Å². The van der Waals surface area contributed by atoms with Crippen molar-refractivity contribution in [3.8, 4) is 5.88 Å². The number of carbonyl (C=O) groups is 1. The first-order valence-electron chi connectivity index (χ1n) is 7.15. The van der Waals surface area contributed by atoms with E-state index in [-0.39, 0.29) is 23.5 Å². The molecule has 0 bridgehead atoms. The lowest BCUT2D eigenvalue weighted by Gasteiger charge is -2.07. The molecule has 1 aromatic carbocycles. The summed E-state index contributed by atoms with van der Waals surface area (Å²) < 4.78 is 5.59. The number of ether oxygens (including phenoxy) is 1. The van der Waals surface area contributed by atoms with E-state index < -0.39 is 5.91 Å². The van der Waals surface area contributed by atoms with E-state index >= 15 is 0 Å². The van der Waals surface area contributed by atoms with Gasteiger partial charge in [-0.05, 0) is 36.2 Å². The van der Waals surface area contributed by atoms with Crippen LogP contribution in [0.25, 0.3) is 0 Å². The molecule has 128 valence electrons. The van der Waals surface area contributed by atoms with E-state index in [4.69, 9.17) is 27.9 Å². The Morgan fingerprint density at radius 2 is 1.96 bits per heavy atom. The number of carbonyl (C=O) groups excluding carboxylic acids is 1. The number of nitrogens with one attached hydrogen (secondary N) is 1. The van der Waals surface area contributed by atoms with Crippen LogP contribution < -0.4 is 10.1 Å². The lowest BCUT2D eigenvalue weighted by atomic mass is 10.2. The minimum absolute atomic E-state index is 0.0749. The van der Waals surface area contributed by atoms with Crippen LogP contribution in [0.3, 0.4) is 0 Å². The molecule has 25 heavy (non-hydrogen) atoms. The number of rotatable bonds is 5. The van der Waals surface area contributed by atoms with E-state index in [0.29, 0.717) is 10.2 Å². The molecule has 0 aliphatic heterocycles. The molecule has 3 rings (SSSR count). The zero-order chi connectivity index (χ0) is 17.8. The SMILES string of the molecule is Cc1csc(NC(=O)c2cc(OCc3ccc(Cl)cc3)nc(Cl)n2)n1. The van der Waals surface area contributed by atoms with E-state index in [1.54, 1.807) is 12.1 Å². The normalized spacial score (nSPS) is 10.5. The Morgan fingerprint density at radius 1 is 1.20 bits per heavy atom. The van der Waals surface area contributed by atoms with Gasteiger partial charge in [-0.2, -0.15) is 4.98 Å². The van der Waals surface area contributed by atoms with Crippen molar-refractivity contribution in [2.24, 2.45) is 0 Å². The molecule has 1 amide bonds. The van der Waals surface area contributed by atoms with Gasteiger partial charge in [-0.3, -0.25) is 10.1 Å².